The zero-order valence-electron chi connectivity index (χ0n) is 12.1. The monoisotopic (exact) mass is 279 g/mol. The molecule has 0 aliphatic rings. The first kappa shape index (κ1) is 15.8. The number of rotatable bonds is 6. The molecular formula is C14H21N3O3. The second-order valence-electron chi connectivity index (χ2n) is 4.45. The topological polar surface area (TPSA) is 84.7 Å². The van der Waals surface area contributed by atoms with Crippen LogP contribution in [0.5, 0.6) is 5.75 Å². The summed E-state index contributed by atoms with van der Waals surface area (Å²) in [7, 11) is 3.35. The van der Waals surface area contributed by atoms with Gasteiger partial charge in [-0.2, -0.15) is 0 Å². The number of anilines is 1. The standard InChI is InChI=1S/C14H21N3O3/c1-4-20-13-10(6-5-7-11(13)15)14(19)16-9-8-12(18)17(2)3/h5-7H,4,8-9,15H2,1-3H3,(H,16,19). The second-order valence-corrected chi connectivity index (χ2v) is 4.45. The van der Waals surface area contributed by atoms with E-state index in [2.05, 4.69) is 5.32 Å². The summed E-state index contributed by atoms with van der Waals surface area (Å²) < 4.78 is 5.39. The number of carbonyl (C=O) groups excluding carboxylic acids is 2. The van der Waals surface area contributed by atoms with Crippen molar-refractivity contribution >= 4 is 17.5 Å². The van der Waals surface area contributed by atoms with Crippen LogP contribution in [0.1, 0.15) is 23.7 Å². The van der Waals surface area contributed by atoms with E-state index in [1.54, 1.807) is 32.3 Å². The molecule has 0 radical (unpaired) electrons. The first-order chi connectivity index (χ1) is 9.47. The number of ether oxygens (including phenoxy) is 1. The van der Waals surface area contributed by atoms with Crippen molar-refractivity contribution in [3.8, 4) is 5.75 Å². The molecule has 0 aliphatic heterocycles. The third kappa shape index (κ3) is 4.15. The normalized spacial score (nSPS) is 9.95. The Morgan fingerprint density at radius 1 is 1.35 bits per heavy atom. The summed E-state index contributed by atoms with van der Waals surface area (Å²) in [5.74, 6) is 0.0432. The summed E-state index contributed by atoms with van der Waals surface area (Å²) in [4.78, 5) is 25.0. The summed E-state index contributed by atoms with van der Waals surface area (Å²) in [5.41, 5.74) is 6.60. The number of hydrogen-bond acceptors (Lipinski definition) is 4. The molecule has 0 aromatic heterocycles. The molecular weight excluding hydrogens is 258 g/mol. The smallest absolute Gasteiger partial charge is 0.255 e. The molecule has 0 unspecified atom stereocenters. The highest BCUT2D eigenvalue weighted by Crippen LogP contribution is 2.26. The van der Waals surface area contributed by atoms with Crippen LogP contribution in [0.15, 0.2) is 18.2 Å². The molecule has 1 rings (SSSR count). The summed E-state index contributed by atoms with van der Waals surface area (Å²) in [6.45, 7) is 2.52. The van der Waals surface area contributed by atoms with Gasteiger partial charge in [-0.15, -0.1) is 0 Å². The van der Waals surface area contributed by atoms with Crippen LogP contribution in [0.4, 0.5) is 5.69 Å². The molecule has 0 spiro atoms. The zero-order chi connectivity index (χ0) is 15.1. The lowest BCUT2D eigenvalue weighted by Crippen LogP contribution is -2.30. The largest absolute Gasteiger partial charge is 0.491 e. The molecule has 1 aromatic carbocycles. The molecule has 2 amide bonds. The summed E-state index contributed by atoms with van der Waals surface area (Å²) >= 11 is 0. The second kappa shape index (κ2) is 7.37. The van der Waals surface area contributed by atoms with Crippen molar-refractivity contribution in [1.82, 2.24) is 10.2 Å². The lowest BCUT2D eigenvalue weighted by atomic mass is 10.1. The quantitative estimate of drug-likeness (QED) is 0.757. The van der Waals surface area contributed by atoms with E-state index < -0.39 is 0 Å². The number of para-hydroxylation sites is 1. The van der Waals surface area contributed by atoms with Gasteiger partial charge in [0.2, 0.25) is 5.91 Å². The van der Waals surface area contributed by atoms with Gasteiger partial charge in [0.1, 0.15) is 0 Å². The van der Waals surface area contributed by atoms with Crippen molar-refractivity contribution in [2.45, 2.75) is 13.3 Å². The van der Waals surface area contributed by atoms with Gasteiger partial charge in [-0.1, -0.05) is 6.07 Å². The fourth-order valence-corrected chi connectivity index (χ4v) is 1.64. The molecule has 0 fully saturated rings. The number of carbonyl (C=O) groups is 2. The zero-order valence-corrected chi connectivity index (χ0v) is 12.1. The van der Waals surface area contributed by atoms with E-state index in [4.69, 9.17) is 10.5 Å². The summed E-state index contributed by atoms with van der Waals surface area (Å²) in [6.07, 6.45) is 0.255. The Balaban J connectivity index is 2.68. The van der Waals surface area contributed by atoms with Crippen molar-refractivity contribution in [3.63, 3.8) is 0 Å². The Kier molecular flexibility index (Phi) is 5.83. The van der Waals surface area contributed by atoms with E-state index in [9.17, 15) is 9.59 Å². The maximum absolute atomic E-state index is 12.1. The number of nitrogens with two attached hydrogens (primary N) is 1. The number of nitrogens with zero attached hydrogens (tertiary/aromatic N) is 1. The van der Waals surface area contributed by atoms with Gasteiger partial charge in [-0.25, -0.2) is 0 Å². The summed E-state index contributed by atoms with van der Waals surface area (Å²) in [5, 5.41) is 2.69. The van der Waals surface area contributed by atoms with Gasteiger partial charge >= 0.3 is 0 Å². The highest BCUT2D eigenvalue weighted by atomic mass is 16.5. The third-order valence-corrected chi connectivity index (χ3v) is 2.70. The average Bonchev–Trinajstić information content (AvgIpc) is 2.40. The van der Waals surface area contributed by atoms with Crippen LogP contribution in [0.25, 0.3) is 0 Å². The van der Waals surface area contributed by atoms with Crippen LogP contribution in [0, 0.1) is 0 Å². The van der Waals surface area contributed by atoms with Gasteiger partial charge in [0.15, 0.2) is 5.75 Å². The summed E-state index contributed by atoms with van der Waals surface area (Å²) in [6, 6.07) is 5.01. The Morgan fingerprint density at radius 2 is 2.05 bits per heavy atom. The predicted molar refractivity (Wildman–Crippen MR) is 77.7 cm³/mol. The number of amides is 2. The first-order valence-corrected chi connectivity index (χ1v) is 6.47. The van der Waals surface area contributed by atoms with Crippen LogP contribution in [0.2, 0.25) is 0 Å². The van der Waals surface area contributed by atoms with E-state index in [-0.39, 0.29) is 24.8 Å². The van der Waals surface area contributed by atoms with Crippen LogP contribution >= 0.6 is 0 Å². The third-order valence-electron chi connectivity index (χ3n) is 2.70. The number of nitrogens with one attached hydrogen (secondary N) is 1. The number of hydrogen-bond donors (Lipinski definition) is 2. The van der Waals surface area contributed by atoms with Gasteiger partial charge in [0.25, 0.3) is 5.91 Å². The van der Waals surface area contributed by atoms with Crippen LogP contribution < -0.4 is 15.8 Å². The Hall–Kier alpha value is -2.24. The maximum atomic E-state index is 12.1. The molecule has 0 saturated carbocycles. The molecule has 0 atom stereocenters. The molecule has 110 valence electrons. The van der Waals surface area contributed by atoms with E-state index in [1.807, 2.05) is 6.92 Å². The minimum atomic E-state index is -0.299. The Labute approximate surface area is 118 Å². The number of nitrogen functional groups attached to an aromatic ring is 1. The van der Waals surface area contributed by atoms with Gasteiger partial charge in [-0.3, -0.25) is 9.59 Å². The lowest BCUT2D eigenvalue weighted by molar-refractivity contribution is -0.128. The Bertz CT molecular complexity index is 487. The van der Waals surface area contributed by atoms with Gasteiger partial charge in [-0.05, 0) is 19.1 Å². The van der Waals surface area contributed by atoms with Crippen molar-refractivity contribution < 1.29 is 14.3 Å². The molecule has 0 bridgehead atoms. The molecule has 6 nitrogen and oxygen atoms in total. The lowest BCUT2D eigenvalue weighted by Gasteiger charge is -2.13. The highest BCUT2D eigenvalue weighted by Gasteiger charge is 2.15. The van der Waals surface area contributed by atoms with E-state index in [1.165, 1.54) is 4.90 Å². The number of benzene rings is 1. The van der Waals surface area contributed by atoms with Crippen LogP contribution in [-0.4, -0.2) is 44.0 Å². The molecule has 1 aromatic rings. The first-order valence-electron chi connectivity index (χ1n) is 6.47. The maximum Gasteiger partial charge on any atom is 0.255 e. The Morgan fingerprint density at radius 3 is 2.65 bits per heavy atom. The fraction of sp³-hybridized carbons (Fsp3) is 0.429. The van der Waals surface area contributed by atoms with Crippen molar-refractivity contribution in [2.24, 2.45) is 0 Å². The molecule has 0 aliphatic carbocycles. The van der Waals surface area contributed by atoms with Crippen LogP contribution in [0.3, 0.4) is 0 Å². The highest BCUT2D eigenvalue weighted by molar-refractivity contribution is 5.98. The van der Waals surface area contributed by atoms with Crippen molar-refractivity contribution in [2.75, 3.05) is 33.0 Å². The van der Waals surface area contributed by atoms with E-state index in [0.29, 0.717) is 23.6 Å². The molecule has 6 heteroatoms. The SMILES string of the molecule is CCOc1c(N)cccc1C(=O)NCCC(=O)N(C)C. The van der Waals surface area contributed by atoms with Gasteiger partial charge < -0.3 is 20.7 Å². The van der Waals surface area contributed by atoms with Crippen molar-refractivity contribution in [3.05, 3.63) is 23.8 Å². The average molecular weight is 279 g/mol. The molecule has 3 N–H and O–H groups in total. The van der Waals surface area contributed by atoms with Crippen molar-refractivity contribution in [1.29, 1.82) is 0 Å². The van der Waals surface area contributed by atoms with Gasteiger partial charge in [0.05, 0.1) is 17.9 Å². The molecule has 20 heavy (non-hydrogen) atoms. The van der Waals surface area contributed by atoms with E-state index in [0.717, 1.165) is 0 Å². The van der Waals surface area contributed by atoms with Gasteiger partial charge in [0, 0.05) is 27.1 Å². The molecule has 0 saturated heterocycles. The predicted octanol–water partition coefficient (Wildman–Crippen LogP) is 0.876. The molecule has 0 heterocycles. The fourth-order valence-electron chi connectivity index (χ4n) is 1.64. The van der Waals surface area contributed by atoms with Crippen LogP contribution in [-0.2, 0) is 4.79 Å². The minimum absolute atomic E-state index is 0.0390. The minimum Gasteiger partial charge on any atom is -0.491 e. The van der Waals surface area contributed by atoms with E-state index >= 15 is 0 Å².